The fourth-order valence-corrected chi connectivity index (χ4v) is 4.35. The number of halogens is 1. The van der Waals surface area contributed by atoms with Crippen LogP contribution in [0.4, 0.5) is 0 Å². The van der Waals surface area contributed by atoms with Crippen molar-refractivity contribution in [1.82, 2.24) is 0 Å². The van der Waals surface area contributed by atoms with Crippen LogP contribution in [0.15, 0.2) is 0 Å². The van der Waals surface area contributed by atoms with Crippen molar-refractivity contribution >= 4 is 29.8 Å². The van der Waals surface area contributed by atoms with Gasteiger partial charge in [-0.3, -0.25) is 13.9 Å². The molecule has 0 saturated heterocycles. The van der Waals surface area contributed by atoms with Crippen LogP contribution in [-0.2, 0) is 32.9 Å². The van der Waals surface area contributed by atoms with E-state index in [0.717, 1.165) is 64.2 Å². The van der Waals surface area contributed by atoms with E-state index in [2.05, 4.69) is 20.8 Å². The van der Waals surface area contributed by atoms with E-state index in [4.69, 9.17) is 30.4 Å². The Morgan fingerprint density at radius 2 is 0.816 bits per heavy atom. The number of hydrogen-bond acceptors (Lipinski definition) is 7. The second-order valence-corrected chi connectivity index (χ2v) is 10.5. The van der Waals surface area contributed by atoms with E-state index in [9.17, 15) is 14.4 Å². The quantitative estimate of drug-likeness (QED) is 0.0564. The van der Waals surface area contributed by atoms with E-state index >= 15 is 0 Å². The molecule has 0 fully saturated rings. The highest BCUT2D eigenvalue weighted by molar-refractivity contribution is 6.09. The van der Waals surface area contributed by atoms with Crippen molar-refractivity contribution in [3.05, 3.63) is 0 Å². The fraction of sp³-hybridized carbons (Fsp3) is 0.900. The van der Waals surface area contributed by atoms with Crippen LogP contribution >= 0.6 is 11.9 Å². The van der Waals surface area contributed by atoms with Crippen molar-refractivity contribution in [3.8, 4) is 0 Å². The van der Waals surface area contributed by atoms with Crippen molar-refractivity contribution in [3.63, 3.8) is 0 Å². The molecule has 7 nitrogen and oxygen atoms in total. The van der Waals surface area contributed by atoms with Gasteiger partial charge in [0.2, 0.25) is 5.60 Å². The summed E-state index contributed by atoms with van der Waals surface area (Å²) in [5.74, 6) is -2.15. The Morgan fingerprint density at radius 1 is 0.500 bits per heavy atom. The van der Waals surface area contributed by atoms with Crippen LogP contribution < -0.4 is 0 Å². The molecule has 0 heterocycles. The predicted octanol–water partition coefficient (Wildman–Crippen LogP) is 8.39. The summed E-state index contributed by atoms with van der Waals surface area (Å²) in [6.45, 7) is 7.15. The van der Waals surface area contributed by atoms with Crippen LogP contribution in [0.1, 0.15) is 149 Å². The molecule has 0 N–H and O–H groups in total. The maximum atomic E-state index is 13.0. The summed E-state index contributed by atoms with van der Waals surface area (Å²) in [5, 5.41) is 0. The molecule has 224 valence electrons. The molecule has 8 heteroatoms. The van der Waals surface area contributed by atoms with Gasteiger partial charge >= 0.3 is 17.9 Å². The Balaban J connectivity index is 4.83. The molecule has 0 aliphatic heterocycles. The number of rotatable bonds is 27. The van der Waals surface area contributed by atoms with Gasteiger partial charge in [0.1, 0.15) is 0 Å². The molecule has 0 aromatic carbocycles. The molecule has 0 aliphatic carbocycles. The van der Waals surface area contributed by atoms with Gasteiger partial charge in [0.15, 0.2) is 0 Å². The van der Waals surface area contributed by atoms with Crippen LogP contribution in [0.3, 0.4) is 0 Å². The molecule has 0 spiro atoms. The van der Waals surface area contributed by atoms with Crippen molar-refractivity contribution in [1.29, 1.82) is 0 Å². The van der Waals surface area contributed by atoms with Gasteiger partial charge < -0.3 is 14.2 Å². The van der Waals surface area contributed by atoms with E-state index in [1.165, 1.54) is 44.9 Å². The van der Waals surface area contributed by atoms with Crippen molar-refractivity contribution in [2.75, 3.05) is 19.8 Å². The number of unbranched alkanes of at least 4 members (excludes halogenated alkanes) is 15. The van der Waals surface area contributed by atoms with Crippen molar-refractivity contribution in [2.45, 2.75) is 155 Å². The molecule has 0 aliphatic rings. The van der Waals surface area contributed by atoms with Crippen molar-refractivity contribution < 1.29 is 32.9 Å². The fourth-order valence-electron chi connectivity index (χ4n) is 4.18. The first kappa shape index (κ1) is 36.7. The maximum Gasteiger partial charge on any atom is 0.341 e. The predicted molar refractivity (Wildman–Crippen MR) is 152 cm³/mol. The van der Waals surface area contributed by atoms with Gasteiger partial charge in [-0.1, -0.05) is 117 Å². The van der Waals surface area contributed by atoms with E-state index in [1.807, 2.05) is 0 Å². The molecular formula is C30H55ClO7. The topological polar surface area (TPSA) is 88.1 Å². The summed E-state index contributed by atoms with van der Waals surface area (Å²) in [5.41, 5.74) is -1.97. The Hall–Kier alpha value is -1.34. The molecule has 0 aromatic heterocycles. The Labute approximate surface area is 237 Å². The Kier molecular flexibility index (Phi) is 25.0. The van der Waals surface area contributed by atoms with Crippen molar-refractivity contribution in [2.24, 2.45) is 0 Å². The Bertz CT molecular complexity index is 565. The minimum Gasteiger partial charge on any atom is -0.466 e. The monoisotopic (exact) mass is 562 g/mol. The summed E-state index contributed by atoms with van der Waals surface area (Å²) in [4.78, 5) is 38.2. The van der Waals surface area contributed by atoms with Crippen LogP contribution in [0.2, 0.25) is 0 Å². The van der Waals surface area contributed by atoms with Gasteiger partial charge in [0, 0.05) is 0 Å². The molecular weight excluding hydrogens is 508 g/mol. The van der Waals surface area contributed by atoms with Gasteiger partial charge in [-0.2, -0.15) is 0 Å². The average Bonchev–Trinajstić information content (AvgIpc) is 2.91. The van der Waals surface area contributed by atoms with Gasteiger partial charge in [0.25, 0.3) is 0 Å². The lowest BCUT2D eigenvalue weighted by Crippen LogP contribution is -2.45. The minimum absolute atomic E-state index is 0.173. The number of carbonyl (C=O) groups excluding carboxylic acids is 3. The zero-order valence-electron chi connectivity index (χ0n) is 24.5. The first-order chi connectivity index (χ1) is 18.5. The number of hydrogen-bond donors (Lipinski definition) is 0. The third-order valence-corrected chi connectivity index (χ3v) is 6.93. The third-order valence-electron chi connectivity index (χ3n) is 6.63. The molecule has 0 saturated carbocycles. The first-order valence-corrected chi connectivity index (χ1v) is 15.5. The summed E-state index contributed by atoms with van der Waals surface area (Å²) >= 11 is 5.75. The molecule has 0 rings (SSSR count). The van der Waals surface area contributed by atoms with Crippen LogP contribution in [0, 0.1) is 0 Å². The molecule has 0 radical (unpaired) electrons. The average molecular weight is 563 g/mol. The lowest BCUT2D eigenvalue weighted by molar-refractivity contribution is -0.174. The minimum atomic E-state index is -1.97. The Morgan fingerprint density at radius 3 is 1.16 bits per heavy atom. The highest BCUT2D eigenvalue weighted by Gasteiger charge is 2.47. The van der Waals surface area contributed by atoms with Crippen LogP contribution in [0.5, 0.6) is 0 Å². The number of carbonyl (C=O) groups is 3. The zero-order chi connectivity index (χ0) is 28.3. The van der Waals surface area contributed by atoms with Gasteiger partial charge in [-0.05, 0) is 19.3 Å². The normalized spacial score (nSPS) is 11.4. The molecule has 0 atom stereocenters. The number of ether oxygens (including phenoxy) is 3. The smallest absolute Gasteiger partial charge is 0.341 e. The van der Waals surface area contributed by atoms with Crippen LogP contribution in [-0.4, -0.2) is 43.3 Å². The molecule has 0 aromatic rings. The molecule has 0 bridgehead atoms. The van der Waals surface area contributed by atoms with Crippen LogP contribution in [0.25, 0.3) is 0 Å². The number of esters is 3. The summed E-state index contributed by atoms with van der Waals surface area (Å²) in [6.07, 6.45) is 17.9. The van der Waals surface area contributed by atoms with E-state index in [0.29, 0.717) is 6.42 Å². The van der Waals surface area contributed by atoms with E-state index < -0.39 is 36.4 Å². The summed E-state index contributed by atoms with van der Waals surface area (Å²) in [6, 6.07) is 0. The summed E-state index contributed by atoms with van der Waals surface area (Å²) in [7, 11) is 0. The largest absolute Gasteiger partial charge is 0.466 e. The lowest BCUT2D eigenvalue weighted by atomic mass is 9.95. The highest BCUT2D eigenvalue weighted by Crippen LogP contribution is 2.27. The second kappa shape index (κ2) is 25.9. The standard InChI is InChI=1S/C30H55ClO7/c1-4-7-10-13-16-19-22-35-27(32)25-30(38-31,29(34)37-24-21-18-15-12-9-6-3)26-28(33)36-23-20-17-14-11-8-5-2/h4-26H2,1-3H3. The summed E-state index contributed by atoms with van der Waals surface area (Å²) < 4.78 is 21.0. The third kappa shape index (κ3) is 19.7. The van der Waals surface area contributed by atoms with E-state index in [1.54, 1.807) is 0 Å². The molecule has 38 heavy (non-hydrogen) atoms. The SMILES string of the molecule is CCCCCCCCOC(=O)CC(CC(=O)OCCCCCCCC)(OCl)C(=O)OCCCCCCCC. The van der Waals surface area contributed by atoms with E-state index in [-0.39, 0.29) is 19.8 Å². The highest BCUT2D eigenvalue weighted by atomic mass is 35.5. The maximum absolute atomic E-state index is 13.0. The van der Waals surface area contributed by atoms with Gasteiger partial charge in [0.05, 0.1) is 44.5 Å². The first-order valence-electron chi connectivity index (χ1n) is 15.2. The molecule has 0 unspecified atom stereocenters. The van der Waals surface area contributed by atoms with Gasteiger partial charge in [-0.15, -0.1) is 0 Å². The second-order valence-electron chi connectivity index (χ2n) is 10.3. The van der Waals surface area contributed by atoms with Gasteiger partial charge in [-0.25, -0.2) is 4.79 Å². The lowest BCUT2D eigenvalue weighted by Gasteiger charge is -2.26. The molecule has 0 amide bonds. The zero-order valence-corrected chi connectivity index (χ0v) is 25.3.